The van der Waals surface area contributed by atoms with Crippen LogP contribution in [0.15, 0.2) is 47.5 Å². The van der Waals surface area contributed by atoms with Crippen molar-refractivity contribution in [3.63, 3.8) is 0 Å². The van der Waals surface area contributed by atoms with Crippen molar-refractivity contribution < 1.29 is 26.0 Å². The van der Waals surface area contributed by atoms with Crippen LogP contribution in [-0.2, 0) is 20.8 Å². The second kappa shape index (κ2) is 17.9. The second-order valence-electron chi connectivity index (χ2n) is 11.5. The van der Waals surface area contributed by atoms with Gasteiger partial charge in [-0.2, -0.15) is 0 Å². The van der Waals surface area contributed by atoms with Gasteiger partial charge in [-0.3, -0.25) is 4.99 Å². The summed E-state index contributed by atoms with van der Waals surface area (Å²) in [7, 11) is 9.87. The van der Waals surface area contributed by atoms with Crippen molar-refractivity contribution in [3.8, 4) is 16.9 Å². The fourth-order valence-corrected chi connectivity index (χ4v) is 6.36. The fraction of sp³-hybridized carbons (Fsp3) is 0.606. The summed E-state index contributed by atoms with van der Waals surface area (Å²) in [5.74, 6) is 2.23. The van der Waals surface area contributed by atoms with Gasteiger partial charge in [-0.25, -0.2) is 0 Å². The van der Waals surface area contributed by atoms with E-state index in [4.69, 9.17) is 22.0 Å². The van der Waals surface area contributed by atoms with Crippen molar-refractivity contribution in [3.05, 3.63) is 53.6 Å². The Morgan fingerprint density at radius 2 is 1.34 bits per heavy atom. The van der Waals surface area contributed by atoms with Crippen molar-refractivity contribution in [2.75, 3.05) is 0 Å². The van der Waals surface area contributed by atoms with E-state index < -0.39 is 20.8 Å². The maximum atomic E-state index is 11.7. The van der Waals surface area contributed by atoms with Crippen LogP contribution in [-0.4, -0.2) is 17.4 Å². The van der Waals surface area contributed by atoms with Crippen LogP contribution in [0.3, 0.4) is 0 Å². The van der Waals surface area contributed by atoms with E-state index in [1.165, 1.54) is 83.5 Å². The number of aliphatic imine (C=N–C) groups is 1. The first kappa shape index (κ1) is 31.9. The average Bonchev–Trinajstić information content (AvgIpc) is 2.91. The SMILES string of the molecule is CC1CCCC(N=Cc2c(-c3ccccc3)ccc(C3CCCCCCCCCCC3)c2O)C1C.[Cl][Zr][Cl]. The Bertz CT molecular complexity index is 955. The standard InChI is InChI=1S/C33H47NO.2ClH.Zr/c1-25-16-15-21-32(26(25)2)34-24-31-29(27-17-13-10-14-18-27)22-23-30(33(31)35)28-19-11-8-6-4-3-5-7-9-12-20-28;;;/h10,13-14,17-18,22-26,28,32,35H,3-9,11-12,15-16,19-21H2,1-2H3;2*1H;/q;;;+2/p-2. The number of hydrogen-bond donors (Lipinski definition) is 1. The summed E-state index contributed by atoms with van der Waals surface area (Å²) in [5, 5.41) is 11.7. The molecule has 2 aromatic carbocycles. The Morgan fingerprint density at radius 1 is 0.763 bits per heavy atom. The van der Waals surface area contributed by atoms with Gasteiger partial charge in [0, 0.05) is 11.8 Å². The van der Waals surface area contributed by atoms with Crippen LogP contribution in [0.1, 0.15) is 121 Å². The van der Waals surface area contributed by atoms with Crippen molar-refractivity contribution in [2.24, 2.45) is 16.8 Å². The van der Waals surface area contributed by atoms with Gasteiger partial charge in [0.25, 0.3) is 0 Å². The second-order valence-corrected chi connectivity index (χ2v) is 15.2. The van der Waals surface area contributed by atoms with Gasteiger partial charge in [0.1, 0.15) is 5.75 Å². The fourth-order valence-electron chi connectivity index (χ4n) is 6.36. The summed E-state index contributed by atoms with van der Waals surface area (Å²) in [6, 6.07) is 15.3. The summed E-state index contributed by atoms with van der Waals surface area (Å²) in [4.78, 5) is 5.12. The van der Waals surface area contributed by atoms with Crippen LogP contribution in [0, 0.1) is 11.8 Å². The summed E-state index contributed by atoms with van der Waals surface area (Å²) in [6.07, 6.45) is 20.2. The van der Waals surface area contributed by atoms with Crippen molar-refractivity contribution in [1.29, 1.82) is 0 Å². The molecule has 0 spiro atoms. The molecule has 2 aliphatic carbocycles. The third-order valence-corrected chi connectivity index (χ3v) is 8.94. The van der Waals surface area contributed by atoms with E-state index in [9.17, 15) is 5.11 Å². The number of halogens is 2. The number of phenolic OH excluding ortho intramolecular Hbond substituents is 1. The van der Waals surface area contributed by atoms with Crippen molar-refractivity contribution in [1.82, 2.24) is 0 Å². The zero-order chi connectivity index (χ0) is 27.2. The molecule has 1 N–H and O–H groups in total. The van der Waals surface area contributed by atoms with E-state index >= 15 is 0 Å². The van der Waals surface area contributed by atoms with E-state index in [1.807, 2.05) is 6.21 Å². The molecule has 2 nitrogen and oxygen atoms in total. The molecule has 5 heteroatoms. The molecule has 0 heterocycles. The van der Waals surface area contributed by atoms with Gasteiger partial charge in [0.05, 0.1) is 6.04 Å². The van der Waals surface area contributed by atoms with Crippen LogP contribution >= 0.6 is 17.0 Å². The van der Waals surface area contributed by atoms with Crippen LogP contribution in [0.5, 0.6) is 5.75 Å². The summed E-state index contributed by atoms with van der Waals surface area (Å²) in [5.41, 5.74) is 4.32. The topological polar surface area (TPSA) is 32.6 Å². The van der Waals surface area contributed by atoms with E-state index in [0.29, 0.717) is 23.6 Å². The Labute approximate surface area is 250 Å². The molecule has 2 fully saturated rings. The molecular formula is C33H47Cl2NOZr. The first-order valence-electron chi connectivity index (χ1n) is 15.0. The van der Waals surface area contributed by atoms with Gasteiger partial charge in [-0.05, 0) is 53.7 Å². The van der Waals surface area contributed by atoms with Crippen LogP contribution in [0.4, 0.5) is 0 Å². The van der Waals surface area contributed by atoms with Gasteiger partial charge in [0.2, 0.25) is 0 Å². The molecule has 0 aliphatic heterocycles. The zero-order valence-electron chi connectivity index (χ0n) is 23.5. The Kier molecular flexibility index (Phi) is 15.1. The first-order chi connectivity index (χ1) is 18.6. The molecule has 3 unspecified atom stereocenters. The van der Waals surface area contributed by atoms with Gasteiger partial charge in [-0.15, -0.1) is 0 Å². The Hall–Kier alpha value is -0.627. The van der Waals surface area contributed by atoms with E-state index in [2.05, 4.69) is 56.3 Å². The summed E-state index contributed by atoms with van der Waals surface area (Å²) in [6.45, 7) is 4.72. The van der Waals surface area contributed by atoms with Crippen molar-refractivity contribution in [2.45, 2.75) is 116 Å². The molecular weight excluding hydrogens is 588 g/mol. The van der Waals surface area contributed by atoms with Crippen LogP contribution in [0.2, 0.25) is 0 Å². The number of phenols is 1. The quantitative estimate of drug-likeness (QED) is 0.333. The van der Waals surface area contributed by atoms with Gasteiger partial charge in [-0.1, -0.05) is 127 Å². The van der Waals surface area contributed by atoms with Gasteiger partial charge < -0.3 is 5.11 Å². The van der Waals surface area contributed by atoms with Crippen LogP contribution in [0.25, 0.3) is 11.1 Å². The predicted octanol–water partition coefficient (Wildman–Crippen LogP) is 11.1. The Morgan fingerprint density at radius 3 is 1.95 bits per heavy atom. The third-order valence-electron chi connectivity index (χ3n) is 8.94. The molecule has 0 saturated heterocycles. The molecule has 38 heavy (non-hydrogen) atoms. The molecule has 208 valence electrons. The molecule has 2 saturated carbocycles. The summed E-state index contributed by atoms with van der Waals surface area (Å²) >= 11 is -0.826. The molecule has 4 rings (SSSR count). The molecule has 2 aliphatic rings. The van der Waals surface area contributed by atoms with Gasteiger partial charge in [0.15, 0.2) is 0 Å². The number of nitrogens with zero attached hydrogens (tertiary/aromatic N) is 1. The van der Waals surface area contributed by atoms with E-state index in [-0.39, 0.29) is 0 Å². The number of aromatic hydroxyl groups is 1. The molecule has 0 aromatic heterocycles. The number of rotatable bonds is 4. The number of benzene rings is 2. The zero-order valence-corrected chi connectivity index (χ0v) is 27.4. The molecule has 0 bridgehead atoms. The minimum absolute atomic E-state index is 0.353. The summed E-state index contributed by atoms with van der Waals surface area (Å²) < 4.78 is 0. The van der Waals surface area contributed by atoms with E-state index in [0.717, 1.165) is 34.6 Å². The predicted molar refractivity (Wildman–Crippen MR) is 162 cm³/mol. The number of hydrogen-bond acceptors (Lipinski definition) is 2. The average molecular weight is 636 g/mol. The third kappa shape index (κ3) is 9.78. The van der Waals surface area contributed by atoms with Crippen molar-refractivity contribution >= 4 is 23.2 Å². The monoisotopic (exact) mass is 633 g/mol. The minimum atomic E-state index is -0.826. The molecule has 3 atom stereocenters. The van der Waals surface area contributed by atoms with Crippen LogP contribution < -0.4 is 0 Å². The molecule has 0 amide bonds. The normalized spacial score (nSPS) is 24.1. The molecule has 0 radical (unpaired) electrons. The Balaban J connectivity index is 0.00000127. The maximum absolute atomic E-state index is 11.7. The first-order valence-corrected chi connectivity index (χ1v) is 21.3. The van der Waals surface area contributed by atoms with E-state index in [1.54, 1.807) is 0 Å². The molecule has 2 aromatic rings. The van der Waals surface area contributed by atoms with Gasteiger partial charge >= 0.3 is 37.9 Å².